The fraction of sp³-hybridized carbons (Fsp3) is 0.0769. The zero-order chi connectivity index (χ0) is 14.7. The lowest BCUT2D eigenvalue weighted by Gasteiger charge is -2.08. The highest BCUT2D eigenvalue weighted by Gasteiger charge is 2.13. The monoisotopic (exact) mass is 312 g/mol. The molecular weight excluding hydrogens is 303 g/mol. The third-order valence-electron chi connectivity index (χ3n) is 2.40. The number of rotatable bonds is 3. The van der Waals surface area contributed by atoms with Crippen LogP contribution in [0.4, 0.5) is 11.4 Å². The van der Waals surface area contributed by atoms with E-state index >= 15 is 0 Å². The van der Waals surface area contributed by atoms with Gasteiger partial charge in [0.05, 0.1) is 22.5 Å². The number of nitrogens with one attached hydrogen (secondary N) is 2. The predicted octanol–water partition coefficient (Wildman–Crippen LogP) is 3.80. The van der Waals surface area contributed by atoms with Crippen LogP contribution in [0.25, 0.3) is 0 Å². The van der Waals surface area contributed by atoms with Gasteiger partial charge in [-0.2, -0.15) is 0 Å². The van der Waals surface area contributed by atoms with Crippen LogP contribution in [0.5, 0.6) is 0 Å². The van der Waals surface area contributed by atoms with Gasteiger partial charge in [-0.25, -0.2) is 0 Å². The van der Waals surface area contributed by atoms with Gasteiger partial charge in [-0.15, -0.1) is 0 Å². The molecule has 0 bridgehead atoms. The molecule has 0 radical (unpaired) electrons. The van der Waals surface area contributed by atoms with Gasteiger partial charge in [-0.1, -0.05) is 11.6 Å². The maximum Gasteiger partial charge on any atom is 0.260 e. The second-order valence-electron chi connectivity index (χ2n) is 3.94. The largest absolute Gasteiger partial charge is 0.452 e. The Balaban J connectivity index is 2.15. The van der Waals surface area contributed by atoms with Crippen LogP contribution in [0.2, 0.25) is 10.2 Å². The maximum absolute atomic E-state index is 11.9. The Kier molecular flexibility index (Phi) is 4.32. The van der Waals surface area contributed by atoms with Crippen molar-refractivity contribution in [2.75, 3.05) is 10.6 Å². The van der Waals surface area contributed by atoms with Crippen LogP contribution < -0.4 is 10.6 Å². The summed E-state index contributed by atoms with van der Waals surface area (Å²) < 4.78 is 4.84. The maximum atomic E-state index is 11.9. The summed E-state index contributed by atoms with van der Waals surface area (Å²) in [6.45, 7) is 1.38. The summed E-state index contributed by atoms with van der Waals surface area (Å²) in [6.07, 6.45) is 1.32. The lowest BCUT2D eigenvalue weighted by Crippen LogP contribution is -2.12. The molecule has 2 amide bonds. The minimum atomic E-state index is -0.410. The number of carbonyl (C=O) groups is 2. The molecule has 0 fully saturated rings. The molecular formula is C13H10Cl2N2O3. The average molecular weight is 313 g/mol. The number of carbonyl (C=O) groups excluding carboxylic acids is 2. The number of halogens is 2. The van der Waals surface area contributed by atoms with Crippen molar-refractivity contribution in [3.05, 3.63) is 46.3 Å². The predicted molar refractivity (Wildman–Crippen MR) is 77.4 cm³/mol. The van der Waals surface area contributed by atoms with E-state index in [-0.39, 0.29) is 16.7 Å². The molecule has 2 aromatic rings. The zero-order valence-electron chi connectivity index (χ0n) is 10.4. The van der Waals surface area contributed by atoms with Crippen molar-refractivity contribution in [2.45, 2.75) is 6.92 Å². The molecule has 1 aromatic heterocycles. The molecule has 1 aromatic carbocycles. The van der Waals surface area contributed by atoms with Gasteiger partial charge < -0.3 is 15.1 Å². The van der Waals surface area contributed by atoms with Crippen LogP contribution in [0.3, 0.4) is 0 Å². The number of furan rings is 1. The standard InChI is InChI=1S/C13H10Cl2N2O3/c1-7(18)16-11-3-2-8(6-10(11)14)17-13(19)9-4-5-20-12(9)15/h2-6H,1H3,(H,16,18)(H,17,19). The Hall–Kier alpha value is -1.98. The third kappa shape index (κ3) is 3.31. The molecule has 0 spiro atoms. The Morgan fingerprint density at radius 1 is 1.15 bits per heavy atom. The Labute approximate surface area is 124 Å². The van der Waals surface area contributed by atoms with Gasteiger partial charge in [-0.05, 0) is 35.9 Å². The topological polar surface area (TPSA) is 71.3 Å². The lowest BCUT2D eigenvalue weighted by atomic mass is 10.2. The first-order valence-electron chi connectivity index (χ1n) is 5.59. The number of benzene rings is 1. The second kappa shape index (κ2) is 5.98. The molecule has 104 valence electrons. The quantitative estimate of drug-likeness (QED) is 0.905. The van der Waals surface area contributed by atoms with E-state index in [9.17, 15) is 9.59 Å². The molecule has 2 N–H and O–H groups in total. The fourth-order valence-corrected chi connectivity index (χ4v) is 1.97. The molecule has 1 heterocycles. The van der Waals surface area contributed by atoms with Crippen molar-refractivity contribution in [3.8, 4) is 0 Å². The fourth-order valence-electron chi connectivity index (χ4n) is 1.54. The third-order valence-corrected chi connectivity index (χ3v) is 3.01. The molecule has 0 saturated carbocycles. The first-order valence-corrected chi connectivity index (χ1v) is 6.34. The van der Waals surface area contributed by atoms with Crippen LogP contribution in [0.1, 0.15) is 17.3 Å². The molecule has 5 nitrogen and oxygen atoms in total. The zero-order valence-corrected chi connectivity index (χ0v) is 11.9. The molecule has 7 heteroatoms. The van der Waals surface area contributed by atoms with Crippen molar-refractivity contribution >= 4 is 46.4 Å². The van der Waals surface area contributed by atoms with Crippen LogP contribution in [-0.4, -0.2) is 11.8 Å². The van der Waals surface area contributed by atoms with Crippen molar-refractivity contribution in [1.29, 1.82) is 0 Å². The van der Waals surface area contributed by atoms with Crippen LogP contribution in [0.15, 0.2) is 34.9 Å². The Bertz CT molecular complexity index is 667. The summed E-state index contributed by atoms with van der Waals surface area (Å²) in [7, 11) is 0. The highest BCUT2D eigenvalue weighted by Crippen LogP contribution is 2.26. The van der Waals surface area contributed by atoms with E-state index in [1.165, 1.54) is 25.3 Å². The summed E-state index contributed by atoms with van der Waals surface area (Å²) in [5, 5.41) is 5.53. The van der Waals surface area contributed by atoms with Gasteiger partial charge in [0.15, 0.2) is 0 Å². The van der Waals surface area contributed by atoms with E-state index in [0.29, 0.717) is 16.4 Å². The first kappa shape index (κ1) is 14.4. The van der Waals surface area contributed by atoms with Crippen molar-refractivity contribution in [2.24, 2.45) is 0 Å². The molecule has 0 aliphatic rings. The number of amides is 2. The van der Waals surface area contributed by atoms with E-state index in [0.717, 1.165) is 0 Å². The van der Waals surface area contributed by atoms with Crippen LogP contribution in [0, 0.1) is 0 Å². The second-order valence-corrected chi connectivity index (χ2v) is 4.69. The molecule has 0 aliphatic heterocycles. The summed E-state index contributed by atoms with van der Waals surface area (Å²) >= 11 is 11.7. The summed E-state index contributed by atoms with van der Waals surface area (Å²) in [5.74, 6) is -0.638. The molecule has 20 heavy (non-hydrogen) atoms. The van der Waals surface area contributed by atoms with E-state index in [4.69, 9.17) is 27.6 Å². The number of hydrogen-bond acceptors (Lipinski definition) is 3. The SMILES string of the molecule is CC(=O)Nc1ccc(NC(=O)c2ccoc2Cl)cc1Cl. The molecule has 2 rings (SSSR count). The van der Waals surface area contributed by atoms with Crippen LogP contribution >= 0.6 is 23.2 Å². The summed E-state index contributed by atoms with van der Waals surface area (Å²) in [4.78, 5) is 22.9. The number of hydrogen-bond donors (Lipinski definition) is 2. The minimum Gasteiger partial charge on any atom is -0.452 e. The smallest absolute Gasteiger partial charge is 0.260 e. The van der Waals surface area contributed by atoms with Crippen molar-refractivity contribution < 1.29 is 14.0 Å². The molecule has 0 unspecified atom stereocenters. The van der Waals surface area contributed by atoms with Gasteiger partial charge in [0.2, 0.25) is 11.1 Å². The van der Waals surface area contributed by atoms with Gasteiger partial charge in [-0.3, -0.25) is 9.59 Å². The van der Waals surface area contributed by atoms with E-state index in [1.807, 2.05) is 0 Å². The Morgan fingerprint density at radius 3 is 2.45 bits per heavy atom. The van der Waals surface area contributed by atoms with Gasteiger partial charge in [0.25, 0.3) is 5.91 Å². The van der Waals surface area contributed by atoms with Crippen molar-refractivity contribution in [1.82, 2.24) is 0 Å². The van der Waals surface area contributed by atoms with Gasteiger partial charge in [0.1, 0.15) is 0 Å². The van der Waals surface area contributed by atoms with Gasteiger partial charge in [0, 0.05) is 12.6 Å². The van der Waals surface area contributed by atoms with E-state index in [2.05, 4.69) is 10.6 Å². The Morgan fingerprint density at radius 2 is 1.90 bits per heavy atom. The summed E-state index contributed by atoms with van der Waals surface area (Å²) in [6, 6.07) is 6.20. The lowest BCUT2D eigenvalue weighted by molar-refractivity contribution is -0.114. The van der Waals surface area contributed by atoms with E-state index in [1.54, 1.807) is 12.1 Å². The first-order chi connectivity index (χ1) is 9.47. The van der Waals surface area contributed by atoms with Crippen molar-refractivity contribution in [3.63, 3.8) is 0 Å². The number of anilines is 2. The van der Waals surface area contributed by atoms with Gasteiger partial charge >= 0.3 is 0 Å². The highest BCUT2D eigenvalue weighted by atomic mass is 35.5. The average Bonchev–Trinajstić information content (AvgIpc) is 2.78. The summed E-state index contributed by atoms with van der Waals surface area (Å²) in [5.41, 5.74) is 1.18. The minimum absolute atomic E-state index is 0.0171. The van der Waals surface area contributed by atoms with E-state index < -0.39 is 5.91 Å². The molecule has 0 aliphatic carbocycles. The highest BCUT2D eigenvalue weighted by molar-refractivity contribution is 6.34. The molecule has 0 saturated heterocycles. The van der Waals surface area contributed by atoms with Crippen LogP contribution in [-0.2, 0) is 4.79 Å². The molecule has 0 atom stereocenters. The normalized spacial score (nSPS) is 10.2.